The van der Waals surface area contributed by atoms with E-state index in [2.05, 4.69) is 9.97 Å². The number of ether oxygens (including phenoxy) is 1. The van der Waals surface area contributed by atoms with E-state index in [4.69, 9.17) is 10.5 Å². The minimum Gasteiger partial charge on any atom is -0.457 e. The number of H-pyrrole nitrogens is 1. The number of aromatic nitrogens is 2. The molecule has 3 aromatic rings. The molecular formula is C14H13N3O. The van der Waals surface area contributed by atoms with Crippen molar-refractivity contribution in [3.8, 4) is 11.5 Å². The molecule has 3 N–H and O–H groups in total. The van der Waals surface area contributed by atoms with Crippen LogP contribution in [0.25, 0.3) is 11.0 Å². The molecular weight excluding hydrogens is 226 g/mol. The number of nitrogens with two attached hydrogens (primary N) is 1. The summed E-state index contributed by atoms with van der Waals surface area (Å²) in [6.07, 6.45) is 0. The molecule has 1 heterocycles. The molecule has 0 fully saturated rings. The summed E-state index contributed by atoms with van der Waals surface area (Å²) in [6, 6.07) is 13.1. The molecule has 18 heavy (non-hydrogen) atoms. The Morgan fingerprint density at radius 1 is 1.06 bits per heavy atom. The van der Waals surface area contributed by atoms with Gasteiger partial charge in [-0.25, -0.2) is 4.98 Å². The molecule has 90 valence electrons. The second kappa shape index (κ2) is 4.07. The third kappa shape index (κ3) is 2.00. The molecule has 3 rings (SSSR count). The van der Waals surface area contributed by atoms with Gasteiger partial charge in [0.2, 0.25) is 0 Å². The maximum atomic E-state index is 5.75. The SMILES string of the molecule is Cc1nc2ccc(Oc3ccc(N)cc3)cc2[nH]1. The number of hydrogen-bond acceptors (Lipinski definition) is 3. The number of aryl methyl sites for hydroxylation is 1. The lowest BCUT2D eigenvalue weighted by Crippen LogP contribution is -1.86. The van der Waals surface area contributed by atoms with Crippen molar-refractivity contribution in [2.24, 2.45) is 0 Å². The second-order valence-electron chi connectivity index (χ2n) is 4.17. The number of rotatable bonds is 2. The summed E-state index contributed by atoms with van der Waals surface area (Å²) in [5.74, 6) is 2.44. The zero-order chi connectivity index (χ0) is 12.5. The van der Waals surface area contributed by atoms with Crippen LogP contribution in [0.2, 0.25) is 0 Å². The van der Waals surface area contributed by atoms with Gasteiger partial charge in [0.25, 0.3) is 0 Å². The molecule has 0 aliphatic rings. The molecule has 1 aromatic heterocycles. The van der Waals surface area contributed by atoms with E-state index in [1.807, 2.05) is 49.4 Å². The van der Waals surface area contributed by atoms with Crippen LogP contribution < -0.4 is 10.5 Å². The van der Waals surface area contributed by atoms with Gasteiger partial charge in [-0.1, -0.05) is 0 Å². The van der Waals surface area contributed by atoms with Crippen molar-refractivity contribution >= 4 is 16.7 Å². The summed E-state index contributed by atoms with van der Waals surface area (Å²) in [6.45, 7) is 1.93. The van der Waals surface area contributed by atoms with E-state index in [0.29, 0.717) is 0 Å². The molecule has 0 amide bonds. The lowest BCUT2D eigenvalue weighted by molar-refractivity contribution is 0.483. The van der Waals surface area contributed by atoms with Gasteiger partial charge in [-0.3, -0.25) is 0 Å². The number of benzene rings is 2. The van der Waals surface area contributed by atoms with E-state index >= 15 is 0 Å². The number of imidazole rings is 1. The van der Waals surface area contributed by atoms with Gasteiger partial charge < -0.3 is 15.5 Å². The predicted molar refractivity (Wildman–Crippen MR) is 71.8 cm³/mol. The monoisotopic (exact) mass is 239 g/mol. The lowest BCUT2D eigenvalue weighted by Gasteiger charge is -2.05. The number of aromatic amines is 1. The fraction of sp³-hybridized carbons (Fsp3) is 0.0714. The quantitative estimate of drug-likeness (QED) is 0.675. The van der Waals surface area contributed by atoms with E-state index < -0.39 is 0 Å². The minimum atomic E-state index is 0.724. The van der Waals surface area contributed by atoms with Crippen LogP contribution in [0.5, 0.6) is 11.5 Å². The van der Waals surface area contributed by atoms with Crippen molar-refractivity contribution < 1.29 is 4.74 Å². The van der Waals surface area contributed by atoms with Crippen LogP contribution >= 0.6 is 0 Å². The first-order chi connectivity index (χ1) is 8.70. The molecule has 4 heteroatoms. The molecule has 0 saturated heterocycles. The highest BCUT2D eigenvalue weighted by Crippen LogP contribution is 2.25. The van der Waals surface area contributed by atoms with Gasteiger partial charge in [-0.05, 0) is 43.3 Å². The van der Waals surface area contributed by atoms with Crippen LogP contribution in [0, 0.1) is 6.92 Å². The first kappa shape index (κ1) is 10.7. The van der Waals surface area contributed by atoms with E-state index in [0.717, 1.165) is 34.0 Å². The molecule has 0 spiro atoms. The van der Waals surface area contributed by atoms with Gasteiger partial charge in [0, 0.05) is 11.8 Å². The number of nitrogen functional groups attached to an aromatic ring is 1. The summed E-state index contributed by atoms with van der Waals surface area (Å²) in [5, 5.41) is 0. The van der Waals surface area contributed by atoms with Crippen molar-refractivity contribution in [3.05, 3.63) is 48.3 Å². The first-order valence-corrected chi connectivity index (χ1v) is 5.70. The summed E-state index contributed by atoms with van der Waals surface area (Å²) in [4.78, 5) is 7.53. The molecule has 0 saturated carbocycles. The van der Waals surface area contributed by atoms with Crippen LogP contribution in [0.15, 0.2) is 42.5 Å². The van der Waals surface area contributed by atoms with E-state index in [-0.39, 0.29) is 0 Å². The fourth-order valence-corrected chi connectivity index (χ4v) is 1.85. The van der Waals surface area contributed by atoms with E-state index in [1.54, 1.807) is 0 Å². The van der Waals surface area contributed by atoms with Gasteiger partial charge in [0.1, 0.15) is 17.3 Å². The number of nitrogens with zero attached hydrogens (tertiary/aromatic N) is 1. The van der Waals surface area contributed by atoms with Crippen LogP contribution in [-0.2, 0) is 0 Å². The smallest absolute Gasteiger partial charge is 0.129 e. The first-order valence-electron chi connectivity index (χ1n) is 5.70. The van der Waals surface area contributed by atoms with Gasteiger partial charge in [0.05, 0.1) is 11.0 Å². The Kier molecular flexibility index (Phi) is 2.41. The van der Waals surface area contributed by atoms with Gasteiger partial charge in [-0.2, -0.15) is 0 Å². The Balaban J connectivity index is 1.92. The topological polar surface area (TPSA) is 63.9 Å². The largest absolute Gasteiger partial charge is 0.457 e. The Morgan fingerprint density at radius 3 is 2.56 bits per heavy atom. The molecule has 0 bridgehead atoms. The summed E-state index contributed by atoms with van der Waals surface area (Å²) >= 11 is 0. The summed E-state index contributed by atoms with van der Waals surface area (Å²) in [5.41, 5.74) is 8.27. The molecule has 0 atom stereocenters. The Bertz CT molecular complexity index is 686. The average Bonchev–Trinajstić information content (AvgIpc) is 2.71. The molecule has 0 aliphatic heterocycles. The van der Waals surface area contributed by atoms with Crippen LogP contribution in [-0.4, -0.2) is 9.97 Å². The number of anilines is 1. The van der Waals surface area contributed by atoms with Crippen molar-refractivity contribution in [1.82, 2.24) is 9.97 Å². The Morgan fingerprint density at radius 2 is 1.78 bits per heavy atom. The average molecular weight is 239 g/mol. The Hall–Kier alpha value is -2.49. The third-order valence-corrected chi connectivity index (χ3v) is 2.69. The molecule has 0 aliphatic carbocycles. The highest BCUT2D eigenvalue weighted by molar-refractivity contribution is 5.76. The van der Waals surface area contributed by atoms with Gasteiger partial charge in [0.15, 0.2) is 0 Å². The summed E-state index contributed by atoms with van der Waals surface area (Å²) in [7, 11) is 0. The Labute approximate surface area is 104 Å². The molecule has 2 aromatic carbocycles. The molecule has 4 nitrogen and oxygen atoms in total. The highest BCUT2D eigenvalue weighted by Gasteiger charge is 2.02. The molecule has 0 unspecified atom stereocenters. The number of nitrogens with one attached hydrogen (secondary N) is 1. The highest BCUT2D eigenvalue weighted by atomic mass is 16.5. The fourth-order valence-electron chi connectivity index (χ4n) is 1.85. The molecule has 0 radical (unpaired) electrons. The zero-order valence-corrected chi connectivity index (χ0v) is 9.97. The maximum absolute atomic E-state index is 5.75. The van der Waals surface area contributed by atoms with Crippen LogP contribution in [0.1, 0.15) is 5.82 Å². The van der Waals surface area contributed by atoms with E-state index in [1.165, 1.54) is 0 Å². The normalized spacial score (nSPS) is 10.7. The van der Waals surface area contributed by atoms with Gasteiger partial charge in [-0.15, -0.1) is 0 Å². The standard InChI is InChI=1S/C14H13N3O/c1-9-16-13-7-6-12(8-14(13)17-9)18-11-4-2-10(15)3-5-11/h2-8H,15H2,1H3,(H,16,17). The van der Waals surface area contributed by atoms with Crippen LogP contribution in [0.4, 0.5) is 5.69 Å². The lowest BCUT2D eigenvalue weighted by atomic mass is 10.3. The van der Waals surface area contributed by atoms with Crippen molar-refractivity contribution in [2.75, 3.05) is 5.73 Å². The van der Waals surface area contributed by atoms with Crippen molar-refractivity contribution in [3.63, 3.8) is 0 Å². The predicted octanol–water partition coefficient (Wildman–Crippen LogP) is 3.25. The zero-order valence-electron chi connectivity index (χ0n) is 9.97. The van der Waals surface area contributed by atoms with Crippen molar-refractivity contribution in [1.29, 1.82) is 0 Å². The summed E-state index contributed by atoms with van der Waals surface area (Å²) < 4.78 is 5.75. The number of hydrogen-bond donors (Lipinski definition) is 2. The number of fused-ring (bicyclic) bond motifs is 1. The maximum Gasteiger partial charge on any atom is 0.129 e. The van der Waals surface area contributed by atoms with E-state index in [9.17, 15) is 0 Å². The van der Waals surface area contributed by atoms with Crippen LogP contribution in [0.3, 0.4) is 0 Å². The second-order valence-corrected chi connectivity index (χ2v) is 4.17. The van der Waals surface area contributed by atoms with Gasteiger partial charge >= 0.3 is 0 Å². The minimum absolute atomic E-state index is 0.724. The van der Waals surface area contributed by atoms with Crippen molar-refractivity contribution in [2.45, 2.75) is 6.92 Å². The third-order valence-electron chi connectivity index (χ3n) is 2.69.